The molecule has 0 saturated carbocycles. The van der Waals surface area contributed by atoms with Crippen molar-refractivity contribution in [2.75, 3.05) is 5.43 Å². The Morgan fingerprint density at radius 2 is 2.17 bits per heavy atom. The summed E-state index contributed by atoms with van der Waals surface area (Å²) in [5, 5.41) is 0. The molecule has 0 fully saturated rings. The lowest BCUT2D eigenvalue weighted by atomic mass is 10.2. The molecule has 1 aliphatic carbocycles. The van der Waals surface area contributed by atoms with Gasteiger partial charge in [-0.05, 0) is 37.8 Å². The molecule has 0 bridgehead atoms. The number of hydrogen-bond donors (Lipinski definition) is 2. The molecule has 0 unspecified atom stereocenters. The number of pyridine rings is 1. The SMILES string of the molecule is Cc1cccnc1-c1nc2c(c(NN)n1)CCC2. The van der Waals surface area contributed by atoms with Crippen LogP contribution in [-0.2, 0) is 12.8 Å². The van der Waals surface area contributed by atoms with Crippen molar-refractivity contribution in [3.05, 3.63) is 35.2 Å². The summed E-state index contributed by atoms with van der Waals surface area (Å²) >= 11 is 0. The van der Waals surface area contributed by atoms with Crippen LogP contribution in [0.3, 0.4) is 0 Å². The number of hydrazine groups is 1. The number of nitrogens with one attached hydrogen (secondary N) is 1. The maximum atomic E-state index is 5.55. The molecule has 0 saturated heterocycles. The van der Waals surface area contributed by atoms with E-state index in [2.05, 4.69) is 20.4 Å². The van der Waals surface area contributed by atoms with Gasteiger partial charge < -0.3 is 5.43 Å². The van der Waals surface area contributed by atoms with Crippen LogP contribution in [0.2, 0.25) is 0 Å². The quantitative estimate of drug-likeness (QED) is 0.617. The number of fused-ring (bicyclic) bond motifs is 1. The summed E-state index contributed by atoms with van der Waals surface area (Å²) in [7, 11) is 0. The Balaban J connectivity index is 2.17. The van der Waals surface area contributed by atoms with E-state index in [9.17, 15) is 0 Å². The monoisotopic (exact) mass is 241 g/mol. The lowest BCUT2D eigenvalue weighted by Gasteiger charge is -2.09. The minimum absolute atomic E-state index is 0.654. The smallest absolute Gasteiger partial charge is 0.180 e. The van der Waals surface area contributed by atoms with Crippen LogP contribution in [0.4, 0.5) is 5.82 Å². The normalized spacial score (nSPS) is 13.4. The van der Waals surface area contributed by atoms with E-state index in [1.54, 1.807) is 6.20 Å². The lowest BCUT2D eigenvalue weighted by Crippen LogP contribution is -2.13. The summed E-state index contributed by atoms with van der Waals surface area (Å²) in [4.78, 5) is 13.5. The van der Waals surface area contributed by atoms with Crippen molar-refractivity contribution in [3.8, 4) is 11.5 Å². The first-order chi connectivity index (χ1) is 8.79. The average molecular weight is 241 g/mol. The molecule has 0 aromatic carbocycles. The van der Waals surface area contributed by atoms with Crippen LogP contribution >= 0.6 is 0 Å². The van der Waals surface area contributed by atoms with E-state index in [1.165, 1.54) is 0 Å². The molecule has 0 amide bonds. The summed E-state index contributed by atoms with van der Waals surface area (Å²) < 4.78 is 0. The lowest BCUT2D eigenvalue weighted by molar-refractivity contribution is 0.899. The molecule has 0 aliphatic heterocycles. The molecule has 5 heteroatoms. The summed E-state index contributed by atoms with van der Waals surface area (Å²) in [5.41, 5.74) is 6.81. The predicted molar refractivity (Wildman–Crippen MR) is 69.8 cm³/mol. The number of nitrogens with two attached hydrogens (primary N) is 1. The average Bonchev–Trinajstić information content (AvgIpc) is 2.86. The fourth-order valence-electron chi connectivity index (χ4n) is 2.38. The molecular weight excluding hydrogens is 226 g/mol. The maximum absolute atomic E-state index is 5.55. The van der Waals surface area contributed by atoms with E-state index in [1.807, 2.05) is 19.1 Å². The van der Waals surface area contributed by atoms with Crippen LogP contribution in [0.1, 0.15) is 23.2 Å². The second-order valence-electron chi connectivity index (χ2n) is 4.49. The van der Waals surface area contributed by atoms with Crippen LogP contribution in [0, 0.1) is 6.92 Å². The molecule has 2 heterocycles. The van der Waals surface area contributed by atoms with Gasteiger partial charge in [0.25, 0.3) is 0 Å². The maximum Gasteiger partial charge on any atom is 0.180 e. The van der Waals surface area contributed by atoms with Gasteiger partial charge in [-0.1, -0.05) is 6.07 Å². The highest BCUT2D eigenvalue weighted by Gasteiger charge is 2.20. The third-order valence-electron chi connectivity index (χ3n) is 3.29. The van der Waals surface area contributed by atoms with Crippen molar-refractivity contribution in [3.63, 3.8) is 0 Å². The van der Waals surface area contributed by atoms with Gasteiger partial charge in [-0.3, -0.25) is 4.98 Å². The Labute approximate surface area is 105 Å². The summed E-state index contributed by atoms with van der Waals surface area (Å²) in [6, 6.07) is 3.92. The van der Waals surface area contributed by atoms with E-state index < -0.39 is 0 Å². The third kappa shape index (κ3) is 1.73. The second kappa shape index (κ2) is 4.34. The molecule has 92 valence electrons. The van der Waals surface area contributed by atoms with Gasteiger partial charge in [-0.15, -0.1) is 0 Å². The standard InChI is InChI=1S/C13H15N5/c1-8-4-3-7-15-11(8)13-16-10-6-2-5-9(10)12(17-13)18-14/h3-4,7H,2,5-6,14H2,1H3,(H,16,17,18). The van der Waals surface area contributed by atoms with Gasteiger partial charge in [0.2, 0.25) is 0 Å². The van der Waals surface area contributed by atoms with Gasteiger partial charge in [0.05, 0.1) is 0 Å². The molecule has 3 N–H and O–H groups in total. The van der Waals surface area contributed by atoms with Crippen LogP contribution in [0.25, 0.3) is 11.5 Å². The highest BCUT2D eigenvalue weighted by atomic mass is 15.3. The molecule has 0 spiro atoms. The Kier molecular flexibility index (Phi) is 2.68. The molecule has 18 heavy (non-hydrogen) atoms. The Morgan fingerprint density at radius 3 is 2.94 bits per heavy atom. The van der Waals surface area contributed by atoms with Crippen LogP contribution < -0.4 is 11.3 Å². The number of anilines is 1. The molecule has 2 aromatic rings. The fraction of sp³-hybridized carbons (Fsp3) is 0.308. The molecule has 0 atom stereocenters. The van der Waals surface area contributed by atoms with Crippen LogP contribution in [0.15, 0.2) is 18.3 Å². The summed E-state index contributed by atoms with van der Waals surface area (Å²) in [6.07, 6.45) is 4.86. The van der Waals surface area contributed by atoms with E-state index >= 15 is 0 Å². The van der Waals surface area contributed by atoms with Crippen molar-refractivity contribution < 1.29 is 0 Å². The number of nitrogens with zero attached hydrogens (tertiary/aromatic N) is 3. The molecule has 5 nitrogen and oxygen atoms in total. The van der Waals surface area contributed by atoms with Crippen LogP contribution in [0.5, 0.6) is 0 Å². The van der Waals surface area contributed by atoms with Gasteiger partial charge in [-0.25, -0.2) is 15.8 Å². The minimum Gasteiger partial charge on any atom is -0.308 e. The van der Waals surface area contributed by atoms with Gasteiger partial charge in [0, 0.05) is 17.5 Å². The van der Waals surface area contributed by atoms with Gasteiger partial charge in [0.1, 0.15) is 11.5 Å². The number of aromatic nitrogens is 3. The zero-order valence-corrected chi connectivity index (χ0v) is 10.3. The topological polar surface area (TPSA) is 76.7 Å². The zero-order valence-electron chi connectivity index (χ0n) is 10.3. The van der Waals surface area contributed by atoms with Crippen molar-refractivity contribution in [1.29, 1.82) is 0 Å². The van der Waals surface area contributed by atoms with Crippen molar-refractivity contribution >= 4 is 5.82 Å². The number of rotatable bonds is 2. The van der Waals surface area contributed by atoms with E-state index in [0.29, 0.717) is 5.82 Å². The fourth-order valence-corrected chi connectivity index (χ4v) is 2.38. The first kappa shape index (κ1) is 11.1. The Hall–Kier alpha value is -2.01. The number of nitrogen functional groups attached to an aromatic ring is 1. The summed E-state index contributed by atoms with van der Waals surface area (Å²) in [5.74, 6) is 6.94. The van der Waals surface area contributed by atoms with Crippen molar-refractivity contribution in [1.82, 2.24) is 15.0 Å². The zero-order chi connectivity index (χ0) is 12.5. The highest BCUT2D eigenvalue weighted by Crippen LogP contribution is 2.28. The van der Waals surface area contributed by atoms with Crippen molar-refractivity contribution in [2.45, 2.75) is 26.2 Å². The van der Waals surface area contributed by atoms with E-state index in [-0.39, 0.29) is 0 Å². The third-order valence-corrected chi connectivity index (χ3v) is 3.29. The van der Waals surface area contributed by atoms with Crippen molar-refractivity contribution in [2.24, 2.45) is 5.84 Å². The minimum atomic E-state index is 0.654. The first-order valence-electron chi connectivity index (χ1n) is 6.08. The highest BCUT2D eigenvalue weighted by molar-refractivity contribution is 5.59. The van der Waals surface area contributed by atoms with Gasteiger partial charge >= 0.3 is 0 Å². The Morgan fingerprint density at radius 1 is 1.28 bits per heavy atom. The van der Waals surface area contributed by atoms with Crippen LogP contribution in [-0.4, -0.2) is 15.0 Å². The molecule has 1 aliphatic rings. The van der Waals surface area contributed by atoms with E-state index in [4.69, 9.17) is 5.84 Å². The Bertz CT molecular complexity index is 594. The predicted octanol–water partition coefficient (Wildman–Crippen LogP) is 1.62. The van der Waals surface area contributed by atoms with Gasteiger partial charge in [-0.2, -0.15) is 0 Å². The number of hydrogen-bond acceptors (Lipinski definition) is 5. The molecular formula is C13H15N5. The second-order valence-corrected chi connectivity index (χ2v) is 4.49. The van der Waals surface area contributed by atoms with E-state index in [0.717, 1.165) is 47.6 Å². The molecule has 0 radical (unpaired) electrons. The summed E-state index contributed by atoms with van der Waals surface area (Å²) in [6.45, 7) is 2.01. The first-order valence-corrected chi connectivity index (χ1v) is 6.08. The van der Waals surface area contributed by atoms with Gasteiger partial charge in [0.15, 0.2) is 5.82 Å². The molecule has 3 rings (SSSR count). The molecule has 2 aromatic heterocycles. The number of aryl methyl sites for hydroxylation is 2. The largest absolute Gasteiger partial charge is 0.308 e.